The monoisotopic (exact) mass is 354 g/mol. The van der Waals surface area contributed by atoms with Crippen molar-refractivity contribution in [3.63, 3.8) is 0 Å². The molecule has 138 valence electrons. The van der Waals surface area contributed by atoms with Crippen LogP contribution >= 0.6 is 0 Å². The van der Waals surface area contributed by atoms with E-state index < -0.39 is 0 Å². The fourth-order valence-corrected chi connectivity index (χ4v) is 4.32. The van der Waals surface area contributed by atoms with E-state index in [4.69, 9.17) is 0 Å². The third-order valence-corrected chi connectivity index (χ3v) is 5.88. The molecule has 0 fully saturated rings. The molecule has 0 N–H and O–H groups in total. The first kappa shape index (κ1) is 18.0. The highest BCUT2D eigenvalue weighted by Crippen LogP contribution is 2.30. The third kappa shape index (κ3) is 2.92. The zero-order chi connectivity index (χ0) is 19.6. The largest absolute Gasteiger partial charge is 0.0908 e. The summed E-state index contributed by atoms with van der Waals surface area (Å²) in [6.07, 6.45) is 10.0. The average Bonchev–Trinajstić information content (AvgIpc) is 3.18. The Labute approximate surface area is 163 Å². The van der Waals surface area contributed by atoms with Crippen molar-refractivity contribution in [2.45, 2.75) is 58.8 Å². The quantitative estimate of drug-likeness (QED) is 0.544. The zero-order valence-corrected chi connectivity index (χ0v) is 17.5. The molecule has 0 aromatic heterocycles. The van der Waals surface area contributed by atoms with Gasteiger partial charge in [0.1, 0.15) is 0 Å². The van der Waals surface area contributed by atoms with Gasteiger partial charge in [-0.25, -0.2) is 0 Å². The second kappa shape index (κ2) is 5.83. The Morgan fingerprint density at radius 1 is 0.889 bits per heavy atom. The highest BCUT2D eigenvalue weighted by Gasteiger charge is 2.22. The number of hydrogen-bond acceptors (Lipinski definition) is 0. The SMILES string of the molecule is C=c1c(C(C)(C)C)cc2c(c1C1=CC=CC1)C=c1ccc(C(C)(C)C)cc1=2. The van der Waals surface area contributed by atoms with Crippen LogP contribution in [0.25, 0.3) is 18.2 Å². The van der Waals surface area contributed by atoms with E-state index in [9.17, 15) is 0 Å². The minimum Gasteiger partial charge on any atom is -0.0908 e. The lowest BCUT2D eigenvalue weighted by atomic mass is 9.81. The Kier molecular flexibility index (Phi) is 3.89. The molecule has 0 atom stereocenters. The lowest BCUT2D eigenvalue weighted by molar-refractivity contribution is 0.585. The summed E-state index contributed by atoms with van der Waals surface area (Å²) in [6, 6.07) is 9.38. The third-order valence-electron chi connectivity index (χ3n) is 5.88. The van der Waals surface area contributed by atoms with E-state index in [-0.39, 0.29) is 10.8 Å². The number of allylic oxidation sites excluding steroid dienone is 4. The highest BCUT2D eigenvalue weighted by atomic mass is 14.3. The van der Waals surface area contributed by atoms with E-state index in [0.717, 1.165) is 6.42 Å². The molecular weight excluding hydrogens is 324 g/mol. The van der Waals surface area contributed by atoms with Crippen molar-refractivity contribution in [2.24, 2.45) is 0 Å². The summed E-state index contributed by atoms with van der Waals surface area (Å²) in [7, 11) is 0. The summed E-state index contributed by atoms with van der Waals surface area (Å²) in [5, 5.41) is 5.26. The molecule has 2 aromatic carbocycles. The van der Waals surface area contributed by atoms with Gasteiger partial charge in [0.25, 0.3) is 0 Å². The van der Waals surface area contributed by atoms with Crippen LogP contribution in [-0.4, -0.2) is 0 Å². The molecule has 0 amide bonds. The van der Waals surface area contributed by atoms with Crippen LogP contribution in [0, 0.1) is 10.4 Å². The van der Waals surface area contributed by atoms with Crippen LogP contribution in [0.1, 0.15) is 70.2 Å². The number of benzene rings is 2. The van der Waals surface area contributed by atoms with E-state index in [1.54, 1.807) is 0 Å². The first-order valence-corrected chi connectivity index (χ1v) is 9.96. The molecule has 0 heterocycles. The molecule has 0 radical (unpaired) electrons. The summed E-state index contributed by atoms with van der Waals surface area (Å²) in [5.41, 5.74) is 7.05. The topological polar surface area (TPSA) is 0 Å². The maximum atomic E-state index is 4.54. The number of rotatable bonds is 1. The molecular formula is C27H30. The molecule has 0 saturated heterocycles. The molecule has 27 heavy (non-hydrogen) atoms. The Hall–Kier alpha value is -2.34. The van der Waals surface area contributed by atoms with Gasteiger partial charge in [-0.2, -0.15) is 0 Å². The van der Waals surface area contributed by atoms with Crippen molar-refractivity contribution >= 4 is 18.2 Å². The van der Waals surface area contributed by atoms with Crippen molar-refractivity contribution in [1.82, 2.24) is 0 Å². The Morgan fingerprint density at radius 2 is 1.63 bits per heavy atom. The standard InChI is InChI=1S/C27H30/c1-17-24(27(5,6)7)16-22-21-15-20(26(2,3)4)13-12-19(21)14-23(22)25(17)18-10-8-9-11-18/h8-10,12-16H,1,11H2,2-7H3. The second-order valence-electron chi connectivity index (χ2n) is 10.0. The van der Waals surface area contributed by atoms with Gasteiger partial charge in [0.2, 0.25) is 0 Å². The van der Waals surface area contributed by atoms with E-state index in [1.165, 1.54) is 48.7 Å². The van der Waals surface area contributed by atoms with Crippen molar-refractivity contribution in [1.29, 1.82) is 0 Å². The van der Waals surface area contributed by atoms with Crippen LogP contribution in [0.3, 0.4) is 0 Å². The first-order chi connectivity index (χ1) is 12.6. The molecule has 0 bridgehead atoms. The van der Waals surface area contributed by atoms with Crippen LogP contribution < -0.4 is 10.4 Å². The van der Waals surface area contributed by atoms with Crippen LogP contribution in [0.5, 0.6) is 0 Å². The van der Waals surface area contributed by atoms with Crippen LogP contribution in [0.2, 0.25) is 0 Å². The molecule has 4 rings (SSSR count). The Bertz CT molecular complexity index is 1200. The minimum absolute atomic E-state index is 0.0673. The lowest BCUT2D eigenvalue weighted by Gasteiger charge is -2.23. The van der Waals surface area contributed by atoms with Crippen molar-refractivity contribution in [2.75, 3.05) is 0 Å². The molecule has 0 saturated carbocycles. The van der Waals surface area contributed by atoms with Crippen LogP contribution in [0.15, 0.2) is 42.5 Å². The van der Waals surface area contributed by atoms with Gasteiger partial charge in [-0.05, 0) is 78.1 Å². The van der Waals surface area contributed by atoms with E-state index >= 15 is 0 Å². The maximum absolute atomic E-state index is 4.54. The molecule has 2 aliphatic carbocycles. The lowest BCUT2D eigenvalue weighted by Crippen LogP contribution is -2.25. The Balaban J connectivity index is 2.17. The van der Waals surface area contributed by atoms with E-state index in [0.29, 0.717) is 0 Å². The zero-order valence-electron chi connectivity index (χ0n) is 17.5. The van der Waals surface area contributed by atoms with Gasteiger partial charge in [-0.3, -0.25) is 0 Å². The maximum Gasteiger partial charge on any atom is -0.00727 e. The predicted molar refractivity (Wildman–Crippen MR) is 118 cm³/mol. The molecule has 0 spiro atoms. The molecule has 0 unspecified atom stereocenters. The van der Waals surface area contributed by atoms with Gasteiger partial charge < -0.3 is 0 Å². The predicted octanol–water partition coefficient (Wildman–Crippen LogP) is 5.46. The van der Waals surface area contributed by atoms with Gasteiger partial charge in [0, 0.05) is 0 Å². The number of fused-ring (bicyclic) bond motifs is 2. The van der Waals surface area contributed by atoms with E-state index in [1.807, 2.05) is 0 Å². The molecule has 0 heteroatoms. The van der Waals surface area contributed by atoms with Gasteiger partial charge in [0.05, 0.1) is 0 Å². The molecule has 2 aliphatic rings. The van der Waals surface area contributed by atoms with Crippen LogP contribution in [0.4, 0.5) is 0 Å². The fraction of sp³-hybridized carbons (Fsp3) is 0.333. The van der Waals surface area contributed by atoms with E-state index in [2.05, 4.69) is 96.7 Å². The normalized spacial score (nSPS) is 15.4. The first-order valence-electron chi connectivity index (χ1n) is 9.96. The highest BCUT2D eigenvalue weighted by molar-refractivity contribution is 5.80. The summed E-state index contributed by atoms with van der Waals surface area (Å²) in [6.45, 7) is 18.3. The number of hydrogen-bond donors (Lipinski definition) is 0. The van der Waals surface area contributed by atoms with Gasteiger partial charge in [-0.15, -0.1) is 0 Å². The van der Waals surface area contributed by atoms with Crippen molar-refractivity contribution in [3.8, 4) is 0 Å². The summed E-state index contributed by atoms with van der Waals surface area (Å²) < 4.78 is 0. The van der Waals surface area contributed by atoms with Crippen LogP contribution in [-0.2, 0) is 10.8 Å². The fourth-order valence-electron chi connectivity index (χ4n) is 4.32. The van der Waals surface area contributed by atoms with Gasteiger partial charge in [-0.1, -0.05) is 84.5 Å². The van der Waals surface area contributed by atoms with Gasteiger partial charge >= 0.3 is 0 Å². The molecule has 2 aromatic rings. The smallest absolute Gasteiger partial charge is 0.00727 e. The Morgan fingerprint density at radius 3 is 2.22 bits per heavy atom. The summed E-state index contributed by atoms with van der Waals surface area (Å²) in [5.74, 6) is 0. The average molecular weight is 355 g/mol. The van der Waals surface area contributed by atoms with Crippen molar-refractivity contribution in [3.05, 3.63) is 85.6 Å². The summed E-state index contributed by atoms with van der Waals surface area (Å²) >= 11 is 0. The molecule has 0 aliphatic heterocycles. The second-order valence-corrected chi connectivity index (χ2v) is 10.0. The summed E-state index contributed by atoms with van der Waals surface area (Å²) in [4.78, 5) is 0. The van der Waals surface area contributed by atoms with Crippen molar-refractivity contribution < 1.29 is 0 Å². The van der Waals surface area contributed by atoms with Gasteiger partial charge in [0.15, 0.2) is 0 Å². The minimum atomic E-state index is 0.0673. The molecule has 0 nitrogen and oxygen atoms in total.